The van der Waals surface area contributed by atoms with Crippen LogP contribution in [0, 0.1) is 6.92 Å². The molecule has 0 spiro atoms. The van der Waals surface area contributed by atoms with Gasteiger partial charge in [0.15, 0.2) is 5.65 Å². The lowest BCUT2D eigenvalue weighted by Gasteiger charge is -2.15. The lowest BCUT2D eigenvalue weighted by atomic mass is 10.1. The first-order valence-corrected chi connectivity index (χ1v) is 7.94. The number of fused-ring (bicyclic) bond motifs is 1. The molecule has 0 aliphatic rings. The van der Waals surface area contributed by atoms with Crippen molar-refractivity contribution in [2.45, 2.75) is 26.3 Å². The number of aromatic nitrogens is 3. The number of nitrogens with one attached hydrogen (secondary N) is 2. The summed E-state index contributed by atoms with van der Waals surface area (Å²) in [5.41, 5.74) is 2.13. The van der Waals surface area contributed by atoms with Gasteiger partial charge in [0.05, 0.1) is 12.5 Å². The van der Waals surface area contributed by atoms with Gasteiger partial charge in [-0.05, 0) is 31.5 Å². The Morgan fingerprint density at radius 1 is 1.42 bits per heavy atom. The van der Waals surface area contributed by atoms with E-state index in [4.69, 9.17) is 11.6 Å². The Balaban J connectivity index is 1.79. The van der Waals surface area contributed by atoms with Gasteiger partial charge >= 0.3 is 0 Å². The Kier molecular flexibility index (Phi) is 4.40. The minimum Gasteiger partial charge on any atom is -0.349 e. The number of benzene rings is 1. The van der Waals surface area contributed by atoms with E-state index in [0.717, 1.165) is 5.56 Å². The Labute approximate surface area is 143 Å². The van der Waals surface area contributed by atoms with E-state index < -0.39 is 0 Å². The van der Waals surface area contributed by atoms with Crippen molar-refractivity contribution in [2.24, 2.45) is 0 Å². The number of rotatable bonds is 4. The monoisotopic (exact) mass is 344 g/mol. The van der Waals surface area contributed by atoms with E-state index >= 15 is 0 Å². The highest BCUT2D eigenvalue weighted by Crippen LogP contribution is 2.17. The van der Waals surface area contributed by atoms with Crippen LogP contribution in [0.2, 0.25) is 5.02 Å². The Morgan fingerprint density at radius 3 is 2.96 bits per heavy atom. The largest absolute Gasteiger partial charge is 0.349 e. The van der Waals surface area contributed by atoms with E-state index in [-0.39, 0.29) is 23.9 Å². The smallest absolute Gasteiger partial charge is 0.276 e. The summed E-state index contributed by atoms with van der Waals surface area (Å²) < 4.78 is 1.33. The summed E-state index contributed by atoms with van der Waals surface area (Å²) in [4.78, 5) is 29.1. The fourth-order valence-electron chi connectivity index (χ4n) is 2.62. The predicted molar refractivity (Wildman–Crippen MR) is 92.3 cm³/mol. The number of H-pyrrole nitrogens is 1. The molecule has 0 radical (unpaired) electrons. The number of carbonyl (C=O) groups is 1. The van der Waals surface area contributed by atoms with Gasteiger partial charge in [0.25, 0.3) is 5.56 Å². The summed E-state index contributed by atoms with van der Waals surface area (Å²) in [6.07, 6.45) is 1.61. The van der Waals surface area contributed by atoms with Crippen molar-refractivity contribution < 1.29 is 4.79 Å². The van der Waals surface area contributed by atoms with Crippen LogP contribution >= 0.6 is 11.6 Å². The van der Waals surface area contributed by atoms with Crippen LogP contribution in [-0.4, -0.2) is 20.5 Å². The predicted octanol–water partition coefficient (Wildman–Crippen LogP) is 2.40. The van der Waals surface area contributed by atoms with Gasteiger partial charge in [-0.3, -0.25) is 14.7 Å². The molecule has 2 N–H and O–H groups in total. The summed E-state index contributed by atoms with van der Waals surface area (Å²) in [7, 11) is 0. The van der Waals surface area contributed by atoms with E-state index in [1.54, 1.807) is 31.3 Å². The number of halogens is 1. The average Bonchev–Trinajstić information content (AvgIpc) is 2.99. The number of aryl methyl sites for hydroxylation is 1. The van der Waals surface area contributed by atoms with Crippen LogP contribution in [0.3, 0.4) is 0 Å². The lowest BCUT2D eigenvalue weighted by Crippen LogP contribution is -2.32. The Morgan fingerprint density at radius 2 is 2.21 bits per heavy atom. The van der Waals surface area contributed by atoms with Gasteiger partial charge in [-0.1, -0.05) is 23.7 Å². The molecular formula is C17H17ClN4O2. The van der Waals surface area contributed by atoms with Crippen molar-refractivity contribution in [2.75, 3.05) is 0 Å². The SMILES string of the molecule is Cc1nc2cc[nH]n2c(=O)c1CC(=O)N[C@@H](C)c1cccc(Cl)c1. The molecule has 1 amide bonds. The van der Waals surface area contributed by atoms with Gasteiger partial charge in [0.1, 0.15) is 0 Å². The van der Waals surface area contributed by atoms with Crippen molar-refractivity contribution in [3.63, 3.8) is 0 Å². The zero-order valence-electron chi connectivity index (χ0n) is 13.3. The lowest BCUT2D eigenvalue weighted by molar-refractivity contribution is -0.121. The minimum absolute atomic E-state index is 0.0233. The van der Waals surface area contributed by atoms with E-state index in [1.807, 2.05) is 19.1 Å². The molecule has 0 aliphatic carbocycles. The molecule has 1 aromatic carbocycles. The van der Waals surface area contributed by atoms with Crippen molar-refractivity contribution >= 4 is 23.2 Å². The van der Waals surface area contributed by atoms with Crippen molar-refractivity contribution in [1.29, 1.82) is 0 Å². The fraction of sp³-hybridized carbons (Fsp3) is 0.235. The van der Waals surface area contributed by atoms with E-state index in [9.17, 15) is 9.59 Å². The summed E-state index contributed by atoms with van der Waals surface area (Å²) >= 11 is 5.97. The van der Waals surface area contributed by atoms with Crippen LogP contribution in [0.15, 0.2) is 41.3 Å². The Bertz CT molecular complexity index is 961. The van der Waals surface area contributed by atoms with Crippen LogP contribution in [0.5, 0.6) is 0 Å². The molecule has 0 fully saturated rings. The second-order valence-corrected chi connectivity index (χ2v) is 6.09. The second kappa shape index (κ2) is 6.49. The summed E-state index contributed by atoms with van der Waals surface area (Å²) in [6, 6.07) is 8.81. The minimum atomic E-state index is -0.256. The molecule has 3 rings (SSSR count). The van der Waals surface area contributed by atoms with Gasteiger partial charge in [-0.2, -0.15) is 0 Å². The number of hydrogen-bond acceptors (Lipinski definition) is 3. The zero-order valence-corrected chi connectivity index (χ0v) is 14.1. The highest BCUT2D eigenvalue weighted by atomic mass is 35.5. The molecular weight excluding hydrogens is 328 g/mol. The molecule has 24 heavy (non-hydrogen) atoms. The first-order valence-electron chi connectivity index (χ1n) is 7.56. The second-order valence-electron chi connectivity index (χ2n) is 5.66. The third-order valence-corrected chi connectivity index (χ3v) is 4.14. The standard InChI is InChI=1S/C17H17ClN4O2/c1-10(12-4-3-5-13(18)8-12)21-16(23)9-14-11(2)20-15-6-7-19-22(15)17(14)24/h3-8,10,19H,9H2,1-2H3,(H,21,23)/t10-/m0/s1. The van der Waals surface area contributed by atoms with Crippen LogP contribution in [0.1, 0.15) is 29.8 Å². The van der Waals surface area contributed by atoms with Gasteiger partial charge in [0.2, 0.25) is 5.91 Å². The van der Waals surface area contributed by atoms with Crippen LogP contribution in [0.25, 0.3) is 5.65 Å². The average molecular weight is 345 g/mol. The van der Waals surface area contributed by atoms with Gasteiger partial charge in [0, 0.05) is 28.5 Å². The Hall–Kier alpha value is -2.60. The normalized spacial score (nSPS) is 12.3. The number of nitrogens with zero attached hydrogens (tertiary/aromatic N) is 2. The molecule has 0 aliphatic heterocycles. The maximum atomic E-state index is 12.4. The fourth-order valence-corrected chi connectivity index (χ4v) is 2.82. The zero-order chi connectivity index (χ0) is 17.3. The number of hydrogen-bond donors (Lipinski definition) is 2. The molecule has 0 saturated carbocycles. The van der Waals surface area contributed by atoms with Crippen molar-refractivity contribution in [3.8, 4) is 0 Å². The molecule has 6 nitrogen and oxygen atoms in total. The van der Waals surface area contributed by atoms with E-state index in [0.29, 0.717) is 21.9 Å². The number of amides is 1. The van der Waals surface area contributed by atoms with Gasteiger partial charge in [-0.25, -0.2) is 9.50 Å². The summed E-state index contributed by atoms with van der Waals surface area (Å²) in [5, 5.41) is 6.30. The molecule has 0 saturated heterocycles. The molecule has 3 aromatic rings. The van der Waals surface area contributed by atoms with Gasteiger partial charge < -0.3 is 5.32 Å². The third-order valence-electron chi connectivity index (χ3n) is 3.91. The van der Waals surface area contributed by atoms with Crippen LogP contribution in [0.4, 0.5) is 0 Å². The summed E-state index contributed by atoms with van der Waals surface area (Å²) in [6.45, 7) is 3.60. The number of carbonyl (C=O) groups excluding carboxylic acids is 1. The van der Waals surface area contributed by atoms with E-state index in [2.05, 4.69) is 15.4 Å². The maximum absolute atomic E-state index is 12.4. The van der Waals surface area contributed by atoms with Crippen LogP contribution in [-0.2, 0) is 11.2 Å². The molecule has 2 heterocycles. The highest BCUT2D eigenvalue weighted by Gasteiger charge is 2.16. The third kappa shape index (κ3) is 3.19. The highest BCUT2D eigenvalue weighted by molar-refractivity contribution is 6.30. The summed E-state index contributed by atoms with van der Waals surface area (Å²) in [5.74, 6) is -0.240. The topological polar surface area (TPSA) is 79.3 Å². The first-order chi connectivity index (χ1) is 11.5. The number of aromatic amines is 1. The quantitative estimate of drug-likeness (QED) is 0.762. The molecule has 2 aromatic heterocycles. The molecule has 7 heteroatoms. The molecule has 124 valence electrons. The first kappa shape index (κ1) is 16.3. The maximum Gasteiger partial charge on any atom is 0.276 e. The molecule has 0 bridgehead atoms. The van der Waals surface area contributed by atoms with Crippen molar-refractivity contribution in [3.05, 3.63) is 68.7 Å². The molecule has 1 atom stereocenters. The van der Waals surface area contributed by atoms with Crippen LogP contribution < -0.4 is 10.9 Å². The molecule has 0 unspecified atom stereocenters. The van der Waals surface area contributed by atoms with Crippen molar-refractivity contribution in [1.82, 2.24) is 19.9 Å². The van der Waals surface area contributed by atoms with Gasteiger partial charge in [-0.15, -0.1) is 0 Å². The van der Waals surface area contributed by atoms with E-state index in [1.165, 1.54) is 4.52 Å².